The van der Waals surface area contributed by atoms with E-state index in [-0.39, 0.29) is 12.4 Å². The zero-order valence-corrected chi connectivity index (χ0v) is 22.4. The van der Waals surface area contributed by atoms with E-state index in [1.54, 1.807) is 7.11 Å². The lowest BCUT2D eigenvalue weighted by Gasteiger charge is -2.35. The van der Waals surface area contributed by atoms with E-state index in [1.165, 1.54) is 21.0 Å². The van der Waals surface area contributed by atoms with Crippen LogP contribution in [-0.4, -0.2) is 48.5 Å². The molecular formula is C28H35ClN4OS. The summed E-state index contributed by atoms with van der Waals surface area (Å²) in [7, 11) is 1.71. The summed E-state index contributed by atoms with van der Waals surface area (Å²) in [6, 6.07) is 17.4. The standard InChI is InChI=1S/C28H34N4OS.ClH/c1-19(2)16-26-31-27-25(34-26)17-21-6-4-5-7-24(21)30-28(27)32-15-14-29-22(18-32)11-8-20-9-12-23(33-3)13-10-20;/h4-7,9-10,12-13,19,22,29H,8,11,14-18H2,1-3H3;1H/t22-;/m0./s1. The summed E-state index contributed by atoms with van der Waals surface area (Å²) in [5.41, 5.74) is 4.83. The molecule has 0 unspecified atom stereocenters. The Morgan fingerprint density at radius 2 is 1.94 bits per heavy atom. The van der Waals surface area contributed by atoms with Crippen molar-refractivity contribution >= 4 is 35.3 Å². The van der Waals surface area contributed by atoms with Crippen molar-refractivity contribution in [1.82, 2.24) is 15.2 Å². The Morgan fingerprint density at radius 1 is 1.14 bits per heavy atom. The quantitative estimate of drug-likeness (QED) is 0.464. The molecule has 5 rings (SSSR count). The van der Waals surface area contributed by atoms with Crippen molar-refractivity contribution in [1.29, 1.82) is 0 Å². The zero-order chi connectivity index (χ0) is 23.5. The molecule has 0 aliphatic carbocycles. The van der Waals surface area contributed by atoms with Gasteiger partial charge in [0.15, 0.2) is 5.84 Å². The van der Waals surface area contributed by atoms with Crippen LogP contribution in [0.5, 0.6) is 5.75 Å². The van der Waals surface area contributed by atoms with E-state index >= 15 is 0 Å². The van der Waals surface area contributed by atoms with Crippen molar-refractivity contribution in [2.24, 2.45) is 10.9 Å². The molecule has 0 saturated carbocycles. The van der Waals surface area contributed by atoms with Gasteiger partial charge in [-0.05, 0) is 48.1 Å². The fourth-order valence-corrected chi connectivity index (χ4v) is 6.10. The van der Waals surface area contributed by atoms with E-state index in [1.807, 2.05) is 23.5 Å². The molecule has 7 heteroatoms. The Morgan fingerprint density at radius 3 is 2.71 bits per heavy atom. The molecule has 35 heavy (non-hydrogen) atoms. The lowest BCUT2D eigenvalue weighted by Crippen LogP contribution is -2.53. The SMILES string of the molecule is COc1ccc(CC[C@H]2CN(C3=Nc4ccccc4Cc4sc(CC(C)C)nc43)CCN2)cc1.Cl. The molecular weight excluding hydrogens is 476 g/mol. The molecule has 3 heterocycles. The number of halogens is 1. The lowest BCUT2D eigenvalue weighted by molar-refractivity contribution is 0.282. The number of piperazine rings is 1. The van der Waals surface area contributed by atoms with Crippen LogP contribution in [0.25, 0.3) is 0 Å². The zero-order valence-electron chi connectivity index (χ0n) is 20.8. The van der Waals surface area contributed by atoms with Gasteiger partial charge >= 0.3 is 0 Å². The summed E-state index contributed by atoms with van der Waals surface area (Å²) < 4.78 is 5.29. The maximum atomic E-state index is 5.29. The second kappa shape index (κ2) is 11.5. The van der Waals surface area contributed by atoms with Crippen LogP contribution < -0.4 is 10.1 Å². The van der Waals surface area contributed by atoms with E-state index < -0.39 is 0 Å². The minimum absolute atomic E-state index is 0. The molecule has 0 spiro atoms. The topological polar surface area (TPSA) is 49.8 Å². The van der Waals surface area contributed by atoms with Gasteiger partial charge in [0.1, 0.15) is 11.4 Å². The average Bonchev–Trinajstić information content (AvgIpc) is 3.16. The van der Waals surface area contributed by atoms with E-state index in [0.29, 0.717) is 12.0 Å². The molecule has 1 fully saturated rings. The van der Waals surface area contributed by atoms with E-state index in [0.717, 1.165) is 68.3 Å². The monoisotopic (exact) mass is 510 g/mol. The Bertz CT molecular complexity index is 1160. The van der Waals surface area contributed by atoms with Crippen molar-refractivity contribution in [3.8, 4) is 5.75 Å². The van der Waals surface area contributed by atoms with Gasteiger partial charge in [-0.1, -0.05) is 44.2 Å². The van der Waals surface area contributed by atoms with Crippen LogP contribution in [0.4, 0.5) is 5.69 Å². The van der Waals surface area contributed by atoms with Gasteiger partial charge in [-0.3, -0.25) is 0 Å². The summed E-state index contributed by atoms with van der Waals surface area (Å²) in [5.74, 6) is 2.57. The van der Waals surface area contributed by atoms with Crippen LogP contribution in [-0.2, 0) is 19.3 Å². The number of aromatic nitrogens is 1. The van der Waals surface area contributed by atoms with Crippen LogP contribution in [0.2, 0.25) is 0 Å². The molecule has 1 saturated heterocycles. The third kappa shape index (κ3) is 6.05. The largest absolute Gasteiger partial charge is 0.497 e. The minimum Gasteiger partial charge on any atom is -0.497 e. The fraction of sp³-hybridized carbons (Fsp3) is 0.429. The molecule has 1 N–H and O–H groups in total. The number of methoxy groups -OCH3 is 1. The number of nitrogens with one attached hydrogen (secondary N) is 1. The third-order valence-electron chi connectivity index (χ3n) is 6.60. The summed E-state index contributed by atoms with van der Waals surface area (Å²) in [6.45, 7) is 7.40. The van der Waals surface area contributed by atoms with Gasteiger partial charge < -0.3 is 15.0 Å². The molecule has 2 aliphatic rings. The number of nitrogens with zero attached hydrogens (tertiary/aromatic N) is 3. The normalized spacial score (nSPS) is 17.2. The Balaban J connectivity index is 0.00000289. The predicted octanol–water partition coefficient (Wildman–Crippen LogP) is 5.66. The van der Waals surface area contributed by atoms with Crippen molar-refractivity contribution < 1.29 is 4.74 Å². The Labute approximate surface area is 219 Å². The predicted molar refractivity (Wildman–Crippen MR) is 148 cm³/mol. The molecule has 0 bridgehead atoms. The van der Waals surface area contributed by atoms with E-state index in [2.05, 4.69) is 60.5 Å². The Hall–Kier alpha value is -2.41. The highest BCUT2D eigenvalue weighted by Crippen LogP contribution is 2.33. The first-order valence-electron chi connectivity index (χ1n) is 12.4. The number of thiazole rings is 1. The Kier molecular flexibility index (Phi) is 8.47. The first-order valence-corrected chi connectivity index (χ1v) is 13.2. The molecule has 1 atom stereocenters. The lowest BCUT2D eigenvalue weighted by atomic mass is 10.0. The van der Waals surface area contributed by atoms with Gasteiger partial charge in [-0.25, -0.2) is 9.98 Å². The third-order valence-corrected chi connectivity index (χ3v) is 7.68. The number of amidine groups is 1. The van der Waals surface area contributed by atoms with Gasteiger partial charge in [-0.2, -0.15) is 0 Å². The van der Waals surface area contributed by atoms with Gasteiger partial charge in [-0.15, -0.1) is 23.7 Å². The summed E-state index contributed by atoms with van der Waals surface area (Å²) in [4.78, 5) is 14.2. The molecule has 2 aromatic carbocycles. The highest BCUT2D eigenvalue weighted by molar-refractivity contribution is 7.12. The fourth-order valence-electron chi connectivity index (χ4n) is 4.81. The summed E-state index contributed by atoms with van der Waals surface area (Å²) in [6.07, 6.45) is 4.08. The highest BCUT2D eigenvalue weighted by Gasteiger charge is 2.29. The minimum atomic E-state index is 0. The number of aliphatic imine (C=N–C) groups is 1. The molecule has 5 nitrogen and oxygen atoms in total. The summed E-state index contributed by atoms with van der Waals surface area (Å²) in [5, 5.41) is 4.97. The highest BCUT2D eigenvalue weighted by atomic mass is 35.5. The van der Waals surface area contributed by atoms with E-state index in [9.17, 15) is 0 Å². The second-order valence-corrected chi connectivity index (χ2v) is 10.9. The number of hydrogen-bond acceptors (Lipinski definition) is 6. The van der Waals surface area contributed by atoms with Crippen molar-refractivity contribution in [2.75, 3.05) is 26.7 Å². The number of fused-ring (bicyclic) bond motifs is 2. The van der Waals surface area contributed by atoms with Crippen molar-refractivity contribution in [3.63, 3.8) is 0 Å². The maximum Gasteiger partial charge on any atom is 0.156 e. The van der Waals surface area contributed by atoms with Gasteiger partial charge in [0.25, 0.3) is 0 Å². The number of benzene rings is 2. The first kappa shape index (κ1) is 25.7. The average molecular weight is 511 g/mol. The van der Waals surface area contributed by atoms with Crippen LogP contribution in [0.1, 0.15) is 47.0 Å². The molecule has 1 aromatic heterocycles. The summed E-state index contributed by atoms with van der Waals surface area (Å²) >= 11 is 1.88. The molecule has 2 aliphatic heterocycles. The van der Waals surface area contributed by atoms with Crippen LogP contribution in [0.3, 0.4) is 0 Å². The number of ether oxygens (including phenoxy) is 1. The number of para-hydroxylation sites is 1. The van der Waals surface area contributed by atoms with Gasteiger partial charge in [0.2, 0.25) is 0 Å². The van der Waals surface area contributed by atoms with Crippen LogP contribution >= 0.6 is 23.7 Å². The first-order chi connectivity index (χ1) is 16.6. The second-order valence-electron chi connectivity index (χ2n) is 9.70. The molecule has 186 valence electrons. The molecule has 3 aromatic rings. The van der Waals surface area contributed by atoms with Gasteiger partial charge in [0, 0.05) is 43.4 Å². The van der Waals surface area contributed by atoms with Crippen molar-refractivity contribution in [2.45, 2.75) is 45.6 Å². The van der Waals surface area contributed by atoms with E-state index in [4.69, 9.17) is 14.7 Å². The number of rotatable bonds is 6. The maximum absolute atomic E-state index is 5.29. The van der Waals surface area contributed by atoms with Crippen molar-refractivity contribution in [3.05, 3.63) is 75.2 Å². The van der Waals surface area contributed by atoms with Crippen LogP contribution in [0, 0.1) is 5.92 Å². The molecule has 0 amide bonds. The number of hydrogen-bond donors (Lipinski definition) is 1. The van der Waals surface area contributed by atoms with Crippen LogP contribution in [0.15, 0.2) is 53.5 Å². The molecule has 0 radical (unpaired) electrons. The smallest absolute Gasteiger partial charge is 0.156 e. The number of aryl methyl sites for hydroxylation is 1. The van der Waals surface area contributed by atoms with Gasteiger partial charge in [0.05, 0.1) is 17.8 Å².